The van der Waals surface area contributed by atoms with Crippen molar-refractivity contribution in [3.05, 3.63) is 65.9 Å². The number of nitrogens with one attached hydrogen (secondary N) is 1. The lowest BCUT2D eigenvalue weighted by atomic mass is 10.1. The number of fused-ring (bicyclic) bond motifs is 1. The van der Waals surface area contributed by atoms with Crippen LogP contribution in [-0.2, 0) is 20.9 Å². The zero-order chi connectivity index (χ0) is 20.6. The van der Waals surface area contributed by atoms with Crippen LogP contribution in [0.5, 0.6) is 5.75 Å². The molecule has 0 unspecified atom stereocenters. The zero-order valence-corrected chi connectivity index (χ0v) is 16.3. The number of esters is 1. The van der Waals surface area contributed by atoms with Gasteiger partial charge in [-0.1, -0.05) is 36.4 Å². The second kappa shape index (κ2) is 9.75. The summed E-state index contributed by atoms with van der Waals surface area (Å²) in [4.78, 5) is 24.8. The first-order valence-corrected chi connectivity index (χ1v) is 9.26. The Hall–Kier alpha value is -3.32. The van der Waals surface area contributed by atoms with E-state index >= 15 is 0 Å². The van der Waals surface area contributed by atoms with E-state index in [0.717, 1.165) is 5.39 Å². The van der Waals surface area contributed by atoms with Crippen molar-refractivity contribution in [3.63, 3.8) is 0 Å². The summed E-state index contributed by atoms with van der Waals surface area (Å²) in [5.74, 6) is -0.433. The summed E-state index contributed by atoms with van der Waals surface area (Å²) in [6, 6.07) is 16.5. The van der Waals surface area contributed by atoms with Crippen molar-refractivity contribution in [2.24, 2.45) is 0 Å². The van der Waals surface area contributed by atoms with E-state index < -0.39 is 18.0 Å². The molecule has 0 spiro atoms. The summed E-state index contributed by atoms with van der Waals surface area (Å²) in [6.07, 6.45) is -0.976. The fourth-order valence-electron chi connectivity index (χ4n) is 2.77. The molecule has 0 fully saturated rings. The van der Waals surface area contributed by atoms with E-state index in [1.165, 1.54) is 14.0 Å². The molecule has 0 aliphatic carbocycles. The van der Waals surface area contributed by atoms with Crippen LogP contribution in [0.2, 0.25) is 0 Å². The monoisotopic (exact) mass is 397 g/mol. The number of methoxy groups -OCH3 is 1. The first kappa shape index (κ1) is 20.4. The number of carbonyl (C=O) groups is 2. The lowest BCUT2D eigenvalue weighted by Crippen LogP contribution is -2.37. The van der Waals surface area contributed by atoms with Gasteiger partial charge in [0.2, 0.25) is 5.76 Å². The van der Waals surface area contributed by atoms with Crippen molar-refractivity contribution in [1.29, 1.82) is 0 Å². The maximum atomic E-state index is 12.7. The molecule has 0 bridgehead atoms. The van der Waals surface area contributed by atoms with Gasteiger partial charge in [-0.25, -0.2) is 4.79 Å². The molecule has 1 aromatic heterocycles. The Labute approximate surface area is 168 Å². The van der Waals surface area contributed by atoms with Crippen molar-refractivity contribution in [1.82, 2.24) is 5.32 Å². The van der Waals surface area contributed by atoms with Gasteiger partial charge < -0.3 is 23.9 Å². The third-order valence-corrected chi connectivity index (χ3v) is 4.27. The van der Waals surface area contributed by atoms with Crippen molar-refractivity contribution >= 4 is 22.8 Å². The first-order valence-electron chi connectivity index (χ1n) is 9.26. The van der Waals surface area contributed by atoms with Crippen LogP contribution in [0.3, 0.4) is 0 Å². The van der Waals surface area contributed by atoms with E-state index in [2.05, 4.69) is 5.32 Å². The van der Waals surface area contributed by atoms with Gasteiger partial charge in [-0.2, -0.15) is 0 Å². The van der Waals surface area contributed by atoms with Crippen LogP contribution < -0.4 is 10.1 Å². The normalized spacial score (nSPS) is 11.8. The number of hydrogen-bond donors (Lipinski definition) is 1. The summed E-state index contributed by atoms with van der Waals surface area (Å²) in [5, 5.41) is 3.39. The fourth-order valence-corrected chi connectivity index (χ4v) is 2.77. The Morgan fingerprint density at radius 3 is 2.55 bits per heavy atom. The maximum absolute atomic E-state index is 12.7. The number of rotatable bonds is 9. The van der Waals surface area contributed by atoms with Crippen molar-refractivity contribution in [2.45, 2.75) is 19.6 Å². The molecule has 152 valence electrons. The molecule has 1 heterocycles. The van der Waals surface area contributed by atoms with Gasteiger partial charge in [-0.3, -0.25) is 4.79 Å². The average Bonchev–Trinajstić information content (AvgIpc) is 3.12. The highest BCUT2D eigenvalue weighted by Gasteiger charge is 2.26. The van der Waals surface area contributed by atoms with Crippen molar-refractivity contribution < 1.29 is 28.2 Å². The Morgan fingerprint density at radius 1 is 1.07 bits per heavy atom. The maximum Gasteiger partial charge on any atom is 0.375 e. The highest BCUT2D eigenvalue weighted by atomic mass is 16.6. The topological polar surface area (TPSA) is 87.0 Å². The van der Waals surface area contributed by atoms with Gasteiger partial charge in [-0.05, 0) is 25.1 Å². The number of carbonyl (C=O) groups excluding carboxylic acids is 2. The van der Waals surface area contributed by atoms with Gasteiger partial charge in [-0.15, -0.1) is 0 Å². The average molecular weight is 397 g/mol. The van der Waals surface area contributed by atoms with E-state index in [-0.39, 0.29) is 12.4 Å². The quantitative estimate of drug-likeness (QED) is 0.440. The summed E-state index contributed by atoms with van der Waals surface area (Å²) in [6.45, 7) is 2.33. The molecule has 7 nitrogen and oxygen atoms in total. The summed E-state index contributed by atoms with van der Waals surface area (Å²) < 4.78 is 21.7. The van der Waals surface area contributed by atoms with E-state index in [9.17, 15) is 9.59 Å². The number of para-hydroxylation sites is 2. The Balaban J connectivity index is 1.77. The fraction of sp³-hybridized carbons (Fsp3) is 0.273. The highest BCUT2D eigenvalue weighted by Crippen LogP contribution is 2.28. The molecule has 0 radical (unpaired) electrons. The van der Waals surface area contributed by atoms with Crippen LogP contribution in [0.15, 0.2) is 59.0 Å². The van der Waals surface area contributed by atoms with E-state index in [1.54, 1.807) is 6.07 Å². The van der Waals surface area contributed by atoms with Gasteiger partial charge in [0.25, 0.3) is 5.91 Å². The Bertz CT molecular complexity index is 966. The van der Waals surface area contributed by atoms with Crippen LogP contribution in [0.1, 0.15) is 23.0 Å². The standard InChI is InChI=1S/C22H23NO6/c1-15(21(24)23-12-13-26-2)28-22(25)20-18(14-27-16-8-4-3-5-9-16)17-10-6-7-11-19(17)29-20/h3-11,15H,12-14H2,1-2H3,(H,23,24)/t15-/m1/s1. The minimum absolute atomic E-state index is 0.0265. The molecule has 3 aromatic rings. The Kier molecular flexibility index (Phi) is 6.86. The molecule has 3 rings (SSSR count). The minimum Gasteiger partial charge on any atom is -0.489 e. The molecule has 7 heteroatoms. The summed E-state index contributed by atoms with van der Waals surface area (Å²) >= 11 is 0. The molecule has 0 aliphatic heterocycles. The van der Waals surface area contributed by atoms with E-state index in [4.69, 9.17) is 18.6 Å². The Morgan fingerprint density at radius 2 is 1.79 bits per heavy atom. The van der Waals surface area contributed by atoms with Crippen molar-refractivity contribution in [3.8, 4) is 5.75 Å². The third kappa shape index (κ3) is 5.14. The van der Waals surface area contributed by atoms with Crippen LogP contribution in [0, 0.1) is 0 Å². The predicted molar refractivity (Wildman–Crippen MR) is 107 cm³/mol. The predicted octanol–water partition coefficient (Wildman–Crippen LogP) is 3.32. The SMILES string of the molecule is COCCNC(=O)[C@@H](C)OC(=O)c1oc2ccccc2c1COc1ccccc1. The van der Waals surface area contributed by atoms with Crippen LogP contribution >= 0.6 is 0 Å². The third-order valence-electron chi connectivity index (χ3n) is 4.27. The van der Waals surface area contributed by atoms with Gasteiger partial charge in [0.15, 0.2) is 6.10 Å². The van der Waals surface area contributed by atoms with Crippen molar-refractivity contribution in [2.75, 3.05) is 20.3 Å². The smallest absolute Gasteiger partial charge is 0.375 e. The molecule has 0 aliphatic rings. The first-order chi connectivity index (χ1) is 14.1. The molecular weight excluding hydrogens is 374 g/mol. The lowest BCUT2D eigenvalue weighted by Gasteiger charge is -2.13. The number of furan rings is 1. The number of ether oxygens (including phenoxy) is 3. The molecule has 29 heavy (non-hydrogen) atoms. The van der Waals surface area contributed by atoms with Crippen LogP contribution in [-0.4, -0.2) is 38.2 Å². The second-order valence-electron chi connectivity index (χ2n) is 6.34. The van der Waals surface area contributed by atoms with E-state index in [0.29, 0.717) is 30.0 Å². The molecule has 1 atom stereocenters. The van der Waals surface area contributed by atoms with Gasteiger partial charge in [0.1, 0.15) is 17.9 Å². The number of amides is 1. The van der Waals surface area contributed by atoms with Gasteiger partial charge in [0, 0.05) is 19.0 Å². The van der Waals surface area contributed by atoms with Gasteiger partial charge in [0.05, 0.1) is 12.2 Å². The largest absolute Gasteiger partial charge is 0.489 e. The van der Waals surface area contributed by atoms with Gasteiger partial charge >= 0.3 is 5.97 Å². The highest BCUT2D eigenvalue weighted by molar-refractivity contribution is 5.97. The van der Waals surface area contributed by atoms with Crippen LogP contribution in [0.25, 0.3) is 11.0 Å². The molecule has 1 amide bonds. The molecule has 0 saturated carbocycles. The molecule has 2 aromatic carbocycles. The lowest BCUT2D eigenvalue weighted by molar-refractivity contribution is -0.129. The number of benzene rings is 2. The van der Waals surface area contributed by atoms with Crippen LogP contribution in [0.4, 0.5) is 0 Å². The molecule has 0 saturated heterocycles. The zero-order valence-electron chi connectivity index (χ0n) is 16.3. The molecule has 1 N–H and O–H groups in total. The summed E-state index contributed by atoms with van der Waals surface area (Å²) in [5.41, 5.74) is 1.12. The van der Waals surface area contributed by atoms with E-state index in [1.807, 2.05) is 48.5 Å². The summed E-state index contributed by atoms with van der Waals surface area (Å²) in [7, 11) is 1.54. The minimum atomic E-state index is -0.976. The second-order valence-corrected chi connectivity index (χ2v) is 6.34. The molecular formula is C22H23NO6. The number of hydrogen-bond acceptors (Lipinski definition) is 6.